The zero-order valence-corrected chi connectivity index (χ0v) is 18.2. The smallest absolute Gasteiger partial charge is 0.252 e. The van der Waals surface area contributed by atoms with Crippen molar-refractivity contribution in [1.29, 1.82) is 0 Å². The summed E-state index contributed by atoms with van der Waals surface area (Å²) < 4.78 is 27.2. The molecule has 3 rings (SSSR count). The van der Waals surface area contributed by atoms with Crippen molar-refractivity contribution in [3.05, 3.63) is 17.5 Å². The van der Waals surface area contributed by atoms with Gasteiger partial charge in [-0.05, 0) is 48.5 Å². The Balaban J connectivity index is 1.57. The fraction of sp³-hybridized carbons (Fsp3) is 0.750. The van der Waals surface area contributed by atoms with Gasteiger partial charge in [0.1, 0.15) is 4.21 Å². The molecule has 2 aliphatic rings. The molecule has 0 aromatic carbocycles. The molecule has 27 heavy (non-hydrogen) atoms. The Bertz CT molecular complexity index is 730. The van der Waals surface area contributed by atoms with E-state index in [1.807, 2.05) is 0 Å². The highest BCUT2D eigenvalue weighted by molar-refractivity contribution is 7.91. The molecule has 0 radical (unpaired) electrons. The summed E-state index contributed by atoms with van der Waals surface area (Å²) in [4.78, 5) is 12.8. The van der Waals surface area contributed by atoms with E-state index in [2.05, 4.69) is 26.1 Å². The molecule has 1 amide bonds. The van der Waals surface area contributed by atoms with Gasteiger partial charge in [0.2, 0.25) is 5.91 Å². The normalized spacial score (nSPS) is 26.0. The van der Waals surface area contributed by atoms with Crippen LogP contribution in [-0.2, 0) is 14.8 Å². The van der Waals surface area contributed by atoms with Gasteiger partial charge in [-0.25, -0.2) is 8.42 Å². The maximum atomic E-state index is 12.8. The fourth-order valence-electron chi connectivity index (χ4n) is 4.54. The van der Waals surface area contributed by atoms with Crippen LogP contribution < -0.4 is 5.32 Å². The molecule has 7 heteroatoms. The Hall–Kier alpha value is -0.920. The van der Waals surface area contributed by atoms with E-state index in [0.29, 0.717) is 36.1 Å². The van der Waals surface area contributed by atoms with Gasteiger partial charge in [0.15, 0.2) is 0 Å². The number of nitrogens with zero attached hydrogens (tertiary/aromatic N) is 1. The number of carbonyl (C=O) groups is 1. The zero-order valence-electron chi connectivity index (χ0n) is 16.6. The molecule has 2 fully saturated rings. The molecule has 1 aliphatic carbocycles. The lowest BCUT2D eigenvalue weighted by Crippen LogP contribution is -2.50. The Morgan fingerprint density at radius 2 is 1.81 bits per heavy atom. The highest BCUT2D eigenvalue weighted by Gasteiger charge is 2.37. The van der Waals surface area contributed by atoms with Crippen LogP contribution in [0, 0.1) is 17.3 Å². The number of thiophene rings is 1. The van der Waals surface area contributed by atoms with Crippen molar-refractivity contribution in [2.24, 2.45) is 17.3 Å². The molecule has 1 saturated heterocycles. The lowest BCUT2D eigenvalue weighted by molar-refractivity contribution is -0.127. The fourth-order valence-corrected chi connectivity index (χ4v) is 7.15. The van der Waals surface area contributed by atoms with Crippen LogP contribution in [0.5, 0.6) is 0 Å². The van der Waals surface area contributed by atoms with Gasteiger partial charge in [0, 0.05) is 25.0 Å². The Kier molecular flexibility index (Phi) is 6.33. The Labute approximate surface area is 167 Å². The molecule has 1 aromatic rings. The monoisotopic (exact) mass is 412 g/mol. The third-order valence-electron chi connectivity index (χ3n) is 6.12. The molecule has 1 aliphatic heterocycles. The minimum absolute atomic E-state index is 0.0812. The van der Waals surface area contributed by atoms with Crippen molar-refractivity contribution >= 4 is 27.3 Å². The van der Waals surface area contributed by atoms with Crippen molar-refractivity contribution in [3.63, 3.8) is 0 Å². The average Bonchev–Trinajstić information content (AvgIpc) is 3.17. The van der Waals surface area contributed by atoms with Crippen LogP contribution in [0.3, 0.4) is 0 Å². The number of nitrogens with one attached hydrogen (secondary N) is 1. The van der Waals surface area contributed by atoms with E-state index in [1.165, 1.54) is 34.9 Å². The number of piperidine rings is 1. The lowest BCUT2D eigenvalue weighted by atomic mass is 9.69. The van der Waals surface area contributed by atoms with Gasteiger partial charge in [-0.15, -0.1) is 11.3 Å². The van der Waals surface area contributed by atoms with Crippen LogP contribution in [0.1, 0.15) is 59.3 Å². The first-order chi connectivity index (χ1) is 12.7. The molecule has 2 unspecified atom stereocenters. The van der Waals surface area contributed by atoms with E-state index in [4.69, 9.17) is 0 Å². The Morgan fingerprint density at radius 1 is 1.15 bits per heavy atom. The third kappa shape index (κ3) is 4.74. The molecule has 2 heterocycles. The van der Waals surface area contributed by atoms with Crippen LogP contribution in [-0.4, -0.2) is 37.8 Å². The molecule has 152 valence electrons. The van der Waals surface area contributed by atoms with Gasteiger partial charge in [-0.3, -0.25) is 4.79 Å². The van der Waals surface area contributed by atoms with Gasteiger partial charge in [-0.1, -0.05) is 39.7 Å². The summed E-state index contributed by atoms with van der Waals surface area (Å²) in [5, 5.41) is 5.10. The van der Waals surface area contributed by atoms with Crippen LogP contribution in [0.25, 0.3) is 0 Å². The first-order valence-electron chi connectivity index (χ1n) is 10.0. The third-order valence-corrected chi connectivity index (χ3v) is 9.39. The van der Waals surface area contributed by atoms with E-state index in [1.54, 1.807) is 17.5 Å². The zero-order chi connectivity index (χ0) is 19.7. The number of carbonyl (C=O) groups excluding carboxylic acids is 1. The second-order valence-corrected chi connectivity index (χ2v) is 12.1. The average molecular weight is 413 g/mol. The number of sulfonamides is 1. The number of hydrogen-bond acceptors (Lipinski definition) is 4. The van der Waals surface area contributed by atoms with E-state index >= 15 is 0 Å². The molecular weight excluding hydrogens is 380 g/mol. The van der Waals surface area contributed by atoms with Crippen molar-refractivity contribution < 1.29 is 13.2 Å². The van der Waals surface area contributed by atoms with E-state index in [9.17, 15) is 13.2 Å². The predicted molar refractivity (Wildman–Crippen MR) is 109 cm³/mol. The number of rotatable bonds is 4. The van der Waals surface area contributed by atoms with E-state index in [0.717, 1.165) is 6.42 Å². The first-order valence-corrected chi connectivity index (χ1v) is 12.4. The molecule has 0 bridgehead atoms. The van der Waals surface area contributed by atoms with Gasteiger partial charge in [0.25, 0.3) is 10.0 Å². The highest BCUT2D eigenvalue weighted by Crippen LogP contribution is 2.38. The molecular formula is C20H32N2O3S2. The number of amides is 1. The van der Waals surface area contributed by atoms with Crippen molar-refractivity contribution in [2.75, 3.05) is 13.1 Å². The maximum Gasteiger partial charge on any atom is 0.252 e. The number of hydrogen-bond donors (Lipinski definition) is 1. The molecule has 5 nitrogen and oxygen atoms in total. The predicted octanol–water partition coefficient (Wildman–Crippen LogP) is 3.87. The summed E-state index contributed by atoms with van der Waals surface area (Å²) in [7, 11) is -3.40. The summed E-state index contributed by atoms with van der Waals surface area (Å²) in [5.74, 6) is 0.543. The summed E-state index contributed by atoms with van der Waals surface area (Å²) in [6.07, 6.45) is 5.85. The summed E-state index contributed by atoms with van der Waals surface area (Å²) in [6, 6.07) is 3.65. The standard InChI is InChI=1S/C20H32N2O3S2/c1-20(2,3)16-7-4-5-8-17(16)21-19(23)15-10-12-22(13-11-15)27(24,25)18-9-6-14-26-18/h6,9,14-17H,4-5,7-8,10-13H2,1-3H3,(H,21,23). The van der Waals surface area contributed by atoms with Crippen LogP contribution >= 0.6 is 11.3 Å². The molecule has 1 saturated carbocycles. The SMILES string of the molecule is CC(C)(C)C1CCCCC1NC(=O)C1CCN(S(=O)(=O)c2cccs2)CC1. The molecule has 1 aromatic heterocycles. The van der Waals surface area contributed by atoms with Crippen LogP contribution in [0.2, 0.25) is 0 Å². The van der Waals surface area contributed by atoms with E-state index in [-0.39, 0.29) is 23.3 Å². The topological polar surface area (TPSA) is 66.5 Å². The molecule has 2 atom stereocenters. The quantitative estimate of drug-likeness (QED) is 0.816. The van der Waals surface area contributed by atoms with Gasteiger partial charge < -0.3 is 5.32 Å². The summed E-state index contributed by atoms with van der Waals surface area (Å²) >= 11 is 1.25. The second kappa shape index (κ2) is 8.21. The Morgan fingerprint density at radius 3 is 2.41 bits per heavy atom. The lowest BCUT2D eigenvalue weighted by Gasteiger charge is -2.41. The molecule has 1 N–H and O–H groups in total. The van der Waals surface area contributed by atoms with Crippen LogP contribution in [0.15, 0.2) is 21.7 Å². The first kappa shape index (κ1) is 20.8. The summed E-state index contributed by atoms with van der Waals surface area (Å²) in [6.45, 7) is 7.62. The van der Waals surface area contributed by atoms with Crippen molar-refractivity contribution in [3.8, 4) is 0 Å². The minimum Gasteiger partial charge on any atom is -0.353 e. The van der Waals surface area contributed by atoms with Gasteiger partial charge in [-0.2, -0.15) is 4.31 Å². The largest absolute Gasteiger partial charge is 0.353 e. The maximum absolute atomic E-state index is 12.8. The van der Waals surface area contributed by atoms with Crippen molar-refractivity contribution in [1.82, 2.24) is 9.62 Å². The van der Waals surface area contributed by atoms with Crippen molar-refractivity contribution in [2.45, 2.75) is 69.5 Å². The highest BCUT2D eigenvalue weighted by atomic mass is 32.2. The van der Waals surface area contributed by atoms with Gasteiger partial charge >= 0.3 is 0 Å². The molecule has 0 spiro atoms. The summed E-state index contributed by atoms with van der Waals surface area (Å²) in [5.41, 5.74) is 0.191. The second-order valence-electron chi connectivity index (χ2n) is 8.98. The minimum atomic E-state index is -3.40. The van der Waals surface area contributed by atoms with E-state index < -0.39 is 10.0 Å². The van der Waals surface area contributed by atoms with Crippen LogP contribution in [0.4, 0.5) is 0 Å². The van der Waals surface area contributed by atoms with Gasteiger partial charge in [0.05, 0.1) is 0 Å².